The fourth-order valence-corrected chi connectivity index (χ4v) is 3.28. The van der Waals surface area contributed by atoms with Crippen LogP contribution < -0.4 is 10.2 Å². The molecule has 0 aliphatic rings. The van der Waals surface area contributed by atoms with Gasteiger partial charge in [0.1, 0.15) is 18.1 Å². The number of ether oxygens (including phenoxy) is 1. The number of hydrazone groups is 1. The lowest BCUT2D eigenvalue weighted by molar-refractivity contribution is 0.0955. The average molecular weight is 456 g/mol. The predicted octanol–water partition coefficient (Wildman–Crippen LogP) is 5.80. The quantitative estimate of drug-likeness (QED) is 0.283. The van der Waals surface area contributed by atoms with E-state index in [0.717, 1.165) is 22.4 Å². The summed E-state index contributed by atoms with van der Waals surface area (Å²) >= 11 is 6.05. The van der Waals surface area contributed by atoms with Gasteiger partial charge < -0.3 is 4.74 Å². The van der Waals surface area contributed by atoms with Gasteiger partial charge >= 0.3 is 0 Å². The van der Waals surface area contributed by atoms with Crippen LogP contribution in [0.1, 0.15) is 32.7 Å². The normalized spacial score (nSPS) is 11.2. The fourth-order valence-electron chi connectivity index (χ4n) is 3.17. The second-order valence-electron chi connectivity index (χ2n) is 7.38. The number of halogens is 1. The van der Waals surface area contributed by atoms with Crippen molar-refractivity contribution in [2.45, 2.75) is 13.5 Å². The largest absolute Gasteiger partial charge is 0.489 e. The van der Waals surface area contributed by atoms with E-state index >= 15 is 0 Å². The highest BCUT2D eigenvalue weighted by molar-refractivity contribution is 6.31. The van der Waals surface area contributed by atoms with Crippen molar-refractivity contribution in [3.8, 4) is 5.75 Å². The number of nitrogens with one attached hydrogen (secondary N) is 1. The molecule has 164 valence electrons. The summed E-state index contributed by atoms with van der Waals surface area (Å²) in [6.07, 6.45) is 1.70. The van der Waals surface area contributed by atoms with Gasteiger partial charge in [-0.15, -0.1) is 0 Å². The summed E-state index contributed by atoms with van der Waals surface area (Å²) in [7, 11) is 0. The van der Waals surface area contributed by atoms with Crippen molar-refractivity contribution in [3.63, 3.8) is 0 Å². The summed E-state index contributed by atoms with van der Waals surface area (Å²) in [4.78, 5) is 17.1. The molecule has 0 unspecified atom stereocenters. The topological polar surface area (TPSA) is 63.6 Å². The number of rotatable bonds is 7. The van der Waals surface area contributed by atoms with Crippen molar-refractivity contribution in [3.05, 3.63) is 130 Å². The van der Waals surface area contributed by atoms with E-state index in [1.807, 2.05) is 85.8 Å². The molecule has 1 heterocycles. The highest BCUT2D eigenvalue weighted by atomic mass is 35.5. The molecule has 0 fully saturated rings. The van der Waals surface area contributed by atoms with E-state index in [1.54, 1.807) is 18.3 Å². The smallest absolute Gasteiger partial charge is 0.271 e. The van der Waals surface area contributed by atoms with Crippen LogP contribution in [0.15, 0.2) is 102 Å². The molecule has 33 heavy (non-hydrogen) atoms. The molecule has 1 aromatic heterocycles. The summed E-state index contributed by atoms with van der Waals surface area (Å²) in [5, 5.41) is 5.08. The molecule has 0 saturated carbocycles. The number of nitrogens with zero attached hydrogens (tertiary/aromatic N) is 2. The Kier molecular flexibility index (Phi) is 7.12. The first-order valence-electron chi connectivity index (χ1n) is 10.4. The molecule has 0 aliphatic heterocycles. The van der Waals surface area contributed by atoms with Crippen LogP contribution in [0.3, 0.4) is 0 Å². The highest BCUT2D eigenvalue weighted by Crippen LogP contribution is 2.22. The first kappa shape index (κ1) is 22.2. The number of aryl methyl sites for hydroxylation is 1. The number of carbonyl (C=O) groups is 1. The molecular weight excluding hydrogens is 434 g/mol. The number of hydrogen-bond acceptors (Lipinski definition) is 4. The van der Waals surface area contributed by atoms with E-state index in [1.165, 1.54) is 0 Å². The molecule has 0 aliphatic carbocycles. The lowest BCUT2D eigenvalue weighted by Crippen LogP contribution is -2.21. The summed E-state index contributed by atoms with van der Waals surface area (Å²) in [6, 6.07) is 28.0. The van der Waals surface area contributed by atoms with Crippen LogP contribution >= 0.6 is 11.6 Å². The van der Waals surface area contributed by atoms with E-state index < -0.39 is 0 Å². The van der Waals surface area contributed by atoms with Gasteiger partial charge in [-0.1, -0.05) is 60.1 Å². The van der Waals surface area contributed by atoms with Gasteiger partial charge in [-0.05, 0) is 60.5 Å². The van der Waals surface area contributed by atoms with Gasteiger partial charge in [0, 0.05) is 22.3 Å². The van der Waals surface area contributed by atoms with Gasteiger partial charge in [-0.2, -0.15) is 5.10 Å². The number of aromatic nitrogens is 1. The molecule has 1 N–H and O–H groups in total. The zero-order valence-corrected chi connectivity index (χ0v) is 18.8. The third kappa shape index (κ3) is 5.84. The van der Waals surface area contributed by atoms with Crippen molar-refractivity contribution in [1.29, 1.82) is 0 Å². The molecular formula is C27H22ClN3O2. The molecule has 4 aromatic rings. The molecule has 6 heteroatoms. The maximum atomic E-state index is 12.7. The van der Waals surface area contributed by atoms with E-state index in [9.17, 15) is 4.79 Å². The number of pyridine rings is 1. The third-order valence-corrected chi connectivity index (χ3v) is 5.40. The Morgan fingerprint density at radius 3 is 2.39 bits per heavy atom. The highest BCUT2D eigenvalue weighted by Gasteiger charge is 2.10. The van der Waals surface area contributed by atoms with Crippen molar-refractivity contribution >= 4 is 23.2 Å². The molecule has 0 bridgehead atoms. The van der Waals surface area contributed by atoms with Crippen LogP contribution in [0.2, 0.25) is 5.02 Å². The maximum Gasteiger partial charge on any atom is 0.271 e. The second kappa shape index (κ2) is 10.6. The van der Waals surface area contributed by atoms with Crippen molar-refractivity contribution < 1.29 is 9.53 Å². The standard InChI is InChI=1S/C27H22ClN3O2/c1-19-17-23(14-15-24(19)28)33-18-20-10-12-22(13-11-20)27(32)31-30-26(21-7-3-2-4-8-21)25-9-5-6-16-29-25/h2-17H,18H2,1H3,(H,31,32). The Labute approximate surface area is 197 Å². The first-order chi connectivity index (χ1) is 16.1. The number of hydrogen-bond donors (Lipinski definition) is 1. The van der Waals surface area contributed by atoms with Gasteiger partial charge in [0.2, 0.25) is 0 Å². The van der Waals surface area contributed by atoms with Crippen molar-refractivity contribution in [1.82, 2.24) is 10.4 Å². The average Bonchev–Trinajstić information content (AvgIpc) is 2.86. The van der Waals surface area contributed by atoms with Crippen LogP contribution in [-0.4, -0.2) is 16.6 Å². The summed E-state index contributed by atoms with van der Waals surface area (Å²) < 4.78 is 5.82. The van der Waals surface area contributed by atoms with Gasteiger partial charge in [-0.3, -0.25) is 9.78 Å². The van der Waals surface area contributed by atoms with Crippen LogP contribution in [-0.2, 0) is 6.61 Å². The Balaban J connectivity index is 1.44. The van der Waals surface area contributed by atoms with Crippen LogP contribution in [0.25, 0.3) is 0 Å². The van der Waals surface area contributed by atoms with Gasteiger partial charge in [0.15, 0.2) is 0 Å². The fraction of sp³-hybridized carbons (Fsp3) is 0.0741. The van der Waals surface area contributed by atoms with E-state index in [0.29, 0.717) is 28.6 Å². The molecule has 3 aromatic carbocycles. The molecule has 4 rings (SSSR count). The maximum absolute atomic E-state index is 12.7. The monoisotopic (exact) mass is 455 g/mol. The molecule has 0 saturated heterocycles. The van der Waals surface area contributed by atoms with E-state index in [4.69, 9.17) is 16.3 Å². The van der Waals surface area contributed by atoms with Crippen LogP contribution in [0.4, 0.5) is 0 Å². The zero-order valence-electron chi connectivity index (χ0n) is 18.0. The SMILES string of the molecule is Cc1cc(OCc2ccc(C(=O)NN=C(c3ccccc3)c3ccccn3)cc2)ccc1Cl. The number of benzene rings is 3. The predicted molar refractivity (Wildman–Crippen MR) is 131 cm³/mol. The summed E-state index contributed by atoms with van der Waals surface area (Å²) in [5.74, 6) is 0.441. The Bertz CT molecular complexity index is 1220. The van der Waals surface area contributed by atoms with Crippen LogP contribution in [0.5, 0.6) is 5.75 Å². The van der Waals surface area contributed by atoms with E-state index in [-0.39, 0.29) is 5.91 Å². The van der Waals surface area contributed by atoms with Crippen molar-refractivity contribution in [2.24, 2.45) is 5.10 Å². The first-order valence-corrected chi connectivity index (χ1v) is 10.8. The van der Waals surface area contributed by atoms with Gasteiger partial charge in [0.05, 0.1) is 5.69 Å². The lowest BCUT2D eigenvalue weighted by Gasteiger charge is -2.09. The van der Waals surface area contributed by atoms with Gasteiger partial charge in [-0.25, -0.2) is 5.43 Å². The third-order valence-electron chi connectivity index (χ3n) is 4.98. The molecule has 0 spiro atoms. The minimum atomic E-state index is -0.305. The van der Waals surface area contributed by atoms with E-state index in [2.05, 4.69) is 15.5 Å². The molecule has 0 atom stereocenters. The van der Waals surface area contributed by atoms with Crippen LogP contribution in [0, 0.1) is 6.92 Å². The lowest BCUT2D eigenvalue weighted by atomic mass is 10.1. The number of carbonyl (C=O) groups excluding carboxylic acids is 1. The Hall–Kier alpha value is -3.96. The Morgan fingerprint density at radius 2 is 1.70 bits per heavy atom. The Morgan fingerprint density at radius 1 is 0.939 bits per heavy atom. The zero-order chi connectivity index (χ0) is 23.0. The summed E-state index contributed by atoms with van der Waals surface area (Å²) in [5.41, 5.74) is 7.18. The minimum Gasteiger partial charge on any atom is -0.489 e. The molecule has 5 nitrogen and oxygen atoms in total. The van der Waals surface area contributed by atoms with Gasteiger partial charge in [0.25, 0.3) is 5.91 Å². The second-order valence-corrected chi connectivity index (χ2v) is 7.79. The number of amides is 1. The molecule has 0 radical (unpaired) electrons. The minimum absolute atomic E-state index is 0.305. The summed E-state index contributed by atoms with van der Waals surface area (Å²) in [6.45, 7) is 2.32. The van der Waals surface area contributed by atoms with Crippen molar-refractivity contribution in [2.75, 3.05) is 0 Å². The molecule has 1 amide bonds.